The molecule has 21 heavy (non-hydrogen) atoms. The summed E-state index contributed by atoms with van der Waals surface area (Å²) in [5.74, 6) is -2.79. The number of benzene rings is 1. The highest BCUT2D eigenvalue weighted by Crippen LogP contribution is 2.40. The summed E-state index contributed by atoms with van der Waals surface area (Å²) in [6, 6.07) is 5.65. The molecule has 0 radical (unpaired) electrons. The number of ether oxygens (including phenoxy) is 1. The average Bonchev–Trinajstić information content (AvgIpc) is 3.04. The average molecular weight is 287 g/mol. The number of anilines is 1. The van der Waals surface area contributed by atoms with Crippen molar-refractivity contribution in [3.05, 3.63) is 41.5 Å². The summed E-state index contributed by atoms with van der Waals surface area (Å²) < 4.78 is 5.52. The minimum Gasteiger partial charge on any atom is -0.481 e. The number of aliphatic carboxylic acids is 1. The molecule has 2 aliphatic heterocycles. The Balaban J connectivity index is 1.84. The van der Waals surface area contributed by atoms with E-state index in [1.165, 1.54) is 0 Å². The molecule has 2 bridgehead atoms. The molecule has 5 heteroatoms. The lowest BCUT2D eigenvalue weighted by atomic mass is 9.82. The van der Waals surface area contributed by atoms with E-state index < -0.39 is 30.0 Å². The van der Waals surface area contributed by atoms with E-state index in [0.29, 0.717) is 0 Å². The first kappa shape index (κ1) is 13.8. The highest BCUT2D eigenvalue weighted by molar-refractivity contribution is 5.97. The number of aryl methyl sites for hydroxylation is 1. The smallest absolute Gasteiger partial charge is 0.310 e. The first-order chi connectivity index (χ1) is 9.99. The van der Waals surface area contributed by atoms with Gasteiger partial charge in [-0.2, -0.15) is 0 Å². The van der Waals surface area contributed by atoms with Gasteiger partial charge in [0.25, 0.3) is 0 Å². The lowest BCUT2D eigenvalue weighted by Crippen LogP contribution is -2.39. The molecular weight excluding hydrogens is 270 g/mol. The normalized spacial score (nSPS) is 29.6. The van der Waals surface area contributed by atoms with Crippen molar-refractivity contribution in [2.45, 2.75) is 26.1 Å². The fraction of sp³-hybridized carbons (Fsp3) is 0.375. The molecule has 1 aromatic carbocycles. The van der Waals surface area contributed by atoms with E-state index in [1.807, 2.05) is 32.0 Å². The Morgan fingerprint density at radius 2 is 1.81 bits per heavy atom. The Morgan fingerprint density at radius 3 is 2.48 bits per heavy atom. The summed E-state index contributed by atoms with van der Waals surface area (Å²) in [4.78, 5) is 23.9. The maximum absolute atomic E-state index is 12.5. The maximum atomic E-state index is 12.5. The van der Waals surface area contributed by atoms with Crippen molar-refractivity contribution in [3.8, 4) is 0 Å². The summed E-state index contributed by atoms with van der Waals surface area (Å²) in [6.45, 7) is 3.89. The number of carbonyl (C=O) groups is 2. The zero-order chi connectivity index (χ0) is 15.1. The van der Waals surface area contributed by atoms with E-state index in [1.54, 1.807) is 12.2 Å². The van der Waals surface area contributed by atoms with Crippen molar-refractivity contribution in [2.24, 2.45) is 11.8 Å². The van der Waals surface area contributed by atoms with Gasteiger partial charge in [0.1, 0.15) is 5.92 Å². The number of rotatable bonds is 3. The van der Waals surface area contributed by atoms with Crippen molar-refractivity contribution in [1.29, 1.82) is 0 Å². The predicted molar refractivity (Wildman–Crippen MR) is 77.0 cm³/mol. The quantitative estimate of drug-likeness (QED) is 0.833. The van der Waals surface area contributed by atoms with Crippen LogP contribution in [0.15, 0.2) is 30.4 Å². The number of carbonyl (C=O) groups excluding carboxylic acids is 1. The number of hydrogen-bond acceptors (Lipinski definition) is 3. The molecule has 2 aliphatic rings. The van der Waals surface area contributed by atoms with Crippen molar-refractivity contribution in [2.75, 3.05) is 5.32 Å². The Labute approximate surface area is 122 Å². The summed E-state index contributed by atoms with van der Waals surface area (Å²) in [5, 5.41) is 12.2. The molecule has 0 aromatic heterocycles. The van der Waals surface area contributed by atoms with Crippen LogP contribution in [0.25, 0.3) is 0 Å². The van der Waals surface area contributed by atoms with Gasteiger partial charge in [-0.1, -0.05) is 24.3 Å². The summed E-state index contributed by atoms with van der Waals surface area (Å²) in [7, 11) is 0. The largest absolute Gasteiger partial charge is 0.481 e. The lowest BCUT2D eigenvalue weighted by Gasteiger charge is -2.21. The van der Waals surface area contributed by atoms with Gasteiger partial charge in [0.2, 0.25) is 5.91 Å². The molecule has 1 saturated heterocycles. The van der Waals surface area contributed by atoms with Gasteiger partial charge in [-0.3, -0.25) is 9.59 Å². The molecule has 0 unspecified atom stereocenters. The minimum absolute atomic E-state index is 0.298. The molecule has 0 saturated carbocycles. The van der Waals surface area contributed by atoms with Crippen LogP contribution in [0.2, 0.25) is 0 Å². The van der Waals surface area contributed by atoms with Crippen molar-refractivity contribution >= 4 is 17.6 Å². The van der Waals surface area contributed by atoms with Crippen molar-refractivity contribution in [1.82, 2.24) is 0 Å². The van der Waals surface area contributed by atoms with Gasteiger partial charge in [0.15, 0.2) is 0 Å². The van der Waals surface area contributed by atoms with Gasteiger partial charge in [0.05, 0.1) is 18.1 Å². The molecular formula is C16H17NO4. The third-order valence-electron chi connectivity index (χ3n) is 4.35. The minimum atomic E-state index is -0.993. The van der Waals surface area contributed by atoms with Gasteiger partial charge >= 0.3 is 5.97 Å². The van der Waals surface area contributed by atoms with Crippen LogP contribution in [0.1, 0.15) is 11.1 Å². The van der Waals surface area contributed by atoms with Crippen LogP contribution in [0.3, 0.4) is 0 Å². The van der Waals surface area contributed by atoms with E-state index in [-0.39, 0.29) is 5.91 Å². The maximum Gasteiger partial charge on any atom is 0.310 e. The van der Waals surface area contributed by atoms with Gasteiger partial charge in [0, 0.05) is 5.69 Å². The van der Waals surface area contributed by atoms with Gasteiger partial charge in [-0.25, -0.2) is 0 Å². The number of hydrogen-bond donors (Lipinski definition) is 2. The second kappa shape index (κ2) is 5.00. The zero-order valence-corrected chi connectivity index (χ0v) is 11.9. The summed E-state index contributed by atoms with van der Waals surface area (Å²) in [6.07, 6.45) is 2.56. The van der Waals surface area contributed by atoms with Crippen LogP contribution >= 0.6 is 0 Å². The van der Waals surface area contributed by atoms with Gasteiger partial charge in [-0.15, -0.1) is 0 Å². The standard InChI is InChI=1S/C16H17NO4/c1-8-4-3-5-10(9(8)2)17-15(18)13-11-6-7-12(21-11)14(13)16(19)20/h3-7,11-14H,1-2H3,(H,17,18)(H,19,20)/t11-,12+,13+,14+/m1/s1. The molecule has 2 heterocycles. The second-order valence-electron chi connectivity index (χ2n) is 5.58. The Bertz CT molecular complexity index is 637. The third-order valence-corrected chi connectivity index (χ3v) is 4.35. The van der Waals surface area contributed by atoms with Gasteiger partial charge < -0.3 is 15.2 Å². The van der Waals surface area contributed by atoms with Crippen LogP contribution in [-0.2, 0) is 14.3 Å². The summed E-state index contributed by atoms with van der Waals surface area (Å²) in [5.41, 5.74) is 2.78. The molecule has 0 aliphatic carbocycles. The number of carboxylic acid groups (broad SMARTS) is 1. The highest BCUT2D eigenvalue weighted by atomic mass is 16.5. The molecule has 3 rings (SSSR count). The molecule has 0 spiro atoms. The molecule has 1 amide bonds. The molecule has 2 N–H and O–H groups in total. The molecule has 5 nitrogen and oxygen atoms in total. The van der Waals surface area contributed by atoms with Crippen LogP contribution in [-0.4, -0.2) is 29.2 Å². The Kier molecular flexibility index (Phi) is 3.29. The Morgan fingerprint density at radius 1 is 1.14 bits per heavy atom. The topological polar surface area (TPSA) is 75.6 Å². The Hall–Kier alpha value is -2.14. The van der Waals surface area contributed by atoms with Crippen LogP contribution in [0.5, 0.6) is 0 Å². The first-order valence-corrected chi connectivity index (χ1v) is 6.92. The number of nitrogens with one attached hydrogen (secondary N) is 1. The molecule has 1 fully saturated rings. The number of amides is 1. The van der Waals surface area contributed by atoms with E-state index in [0.717, 1.165) is 16.8 Å². The van der Waals surface area contributed by atoms with Crippen LogP contribution < -0.4 is 5.32 Å². The SMILES string of the molecule is Cc1cccc(NC(=O)[C@@H]2[C@@H](C(=O)O)[C@@H]3C=C[C@H]2O3)c1C. The lowest BCUT2D eigenvalue weighted by molar-refractivity contribution is -0.145. The second-order valence-corrected chi connectivity index (χ2v) is 5.58. The molecule has 110 valence electrons. The van der Waals surface area contributed by atoms with Crippen molar-refractivity contribution in [3.63, 3.8) is 0 Å². The highest BCUT2D eigenvalue weighted by Gasteiger charge is 2.53. The number of fused-ring (bicyclic) bond motifs is 2. The third kappa shape index (κ3) is 2.23. The fourth-order valence-electron chi connectivity index (χ4n) is 3.02. The monoisotopic (exact) mass is 287 g/mol. The van der Waals surface area contributed by atoms with Crippen LogP contribution in [0.4, 0.5) is 5.69 Å². The molecule has 4 atom stereocenters. The first-order valence-electron chi connectivity index (χ1n) is 6.92. The predicted octanol–water partition coefficient (Wildman–Crippen LogP) is 1.90. The van der Waals surface area contributed by atoms with Gasteiger partial charge in [-0.05, 0) is 31.0 Å². The summed E-state index contributed by atoms with van der Waals surface area (Å²) >= 11 is 0. The van der Waals surface area contributed by atoms with E-state index in [2.05, 4.69) is 5.32 Å². The van der Waals surface area contributed by atoms with E-state index in [9.17, 15) is 14.7 Å². The zero-order valence-electron chi connectivity index (χ0n) is 11.9. The molecule has 1 aromatic rings. The van der Waals surface area contributed by atoms with Crippen LogP contribution in [0, 0.1) is 25.7 Å². The van der Waals surface area contributed by atoms with E-state index >= 15 is 0 Å². The van der Waals surface area contributed by atoms with E-state index in [4.69, 9.17) is 4.74 Å². The number of carboxylic acids is 1. The fourth-order valence-corrected chi connectivity index (χ4v) is 3.02. The van der Waals surface area contributed by atoms with Crippen molar-refractivity contribution < 1.29 is 19.4 Å².